The molecular formula is C13H14F6N2O. The predicted octanol–water partition coefficient (Wildman–Crippen LogP) is 3.09. The summed E-state index contributed by atoms with van der Waals surface area (Å²) in [6.45, 7) is 0.860. The van der Waals surface area contributed by atoms with E-state index >= 15 is 0 Å². The number of benzene rings is 1. The minimum absolute atomic E-state index is 0.0878. The molecule has 124 valence electrons. The van der Waals surface area contributed by atoms with Gasteiger partial charge in [-0.1, -0.05) is 18.2 Å². The van der Waals surface area contributed by atoms with E-state index in [2.05, 4.69) is 10.1 Å². The third-order valence-electron chi connectivity index (χ3n) is 3.27. The summed E-state index contributed by atoms with van der Waals surface area (Å²) in [4.78, 5) is 1.11. The molecule has 1 saturated heterocycles. The molecule has 0 aromatic heterocycles. The lowest BCUT2D eigenvalue weighted by molar-refractivity contribution is -0.275. The smallest absolute Gasteiger partial charge is 0.405 e. The molecule has 0 amide bonds. The molecule has 3 nitrogen and oxygen atoms in total. The SMILES string of the molecule is FC(F)(F)Oc1ccccc1[C@@H](N1CCNCC1)C(F)(F)F. The van der Waals surface area contributed by atoms with Crippen LogP contribution < -0.4 is 10.1 Å². The number of piperazine rings is 1. The highest BCUT2D eigenvalue weighted by Crippen LogP contribution is 2.42. The van der Waals surface area contributed by atoms with Gasteiger partial charge < -0.3 is 10.1 Å². The molecule has 0 radical (unpaired) electrons. The van der Waals surface area contributed by atoms with Gasteiger partial charge in [0.2, 0.25) is 0 Å². The Morgan fingerprint density at radius 1 is 1.00 bits per heavy atom. The largest absolute Gasteiger partial charge is 0.573 e. The Morgan fingerprint density at radius 3 is 2.14 bits per heavy atom. The summed E-state index contributed by atoms with van der Waals surface area (Å²) in [7, 11) is 0. The standard InChI is InChI=1S/C13H14F6N2O/c14-12(15,16)11(21-7-5-20-6-8-21)9-3-1-2-4-10(9)22-13(17,18)19/h1-4,11,20H,5-8H2/t11-/m1/s1. The third kappa shape index (κ3) is 4.26. The molecule has 1 atom stereocenters. The average Bonchev–Trinajstić information content (AvgIpc) is 2.39. The van der Waals surface area contributed by atoms with E-state index in [1.165, 1.54) is 12.1 Å². The van der Waals surface area contributed by atoms with Gasteiger partial charge in [0, 0.05) is 31.7 Å². The van der Waals surface area contributed by atoms with Crippen LogP contribution in [0.5, 0.6) is 5.75 Å². The minimum Gasteiger partial charge on any atom is -0.405 e. The Balaban J connectivity index is 2.39. The zero-order valence-corrected chi connectivity index (χ0v) is 11.3. The van der Waals surface area contributed by atoms with Crippen LogP contribution in [-0.2, 0) is 0 Å². The molecule has 22 heavy (non-hydrogen) atoms. The molecule has 2 rings (SSSR count). The number of halogens is 6. The Morgan fingerprint density at radius 2 is 1.59 bits per heavy atom. The van der Waals surface area contributed by atoms with E-state index in [4.69, 9.17) is 0 Å². The van der Waals surface area contributed by atoms with Gasteiger partial charge >= 0.3 is 12.5 Å². The molecule has 1 fully saturated rings. The zero-order valence-electron chi connectivity index (χ0n) is 11.3. The summed E-state index contributed by atoms with van der Waals surface area (Å²) < 4.78 is 81.2. The maximum Gasteiger partial charge on any atom is 0.573 e. The first-order valence-corrected chi connectivity index (χ1v) is 6.54. The maximum atomic E-state index is 13.4. The van der Waals surface area contributed by atoms with Crippen molar-refractivity contribution in [3.63, 3.8) is 0 Å². The van der Waals surface area contributed by atoms with Gasteiger partial charge in [0.1, 0.15) is 11.8 Å². The molecule has 9 heteroatoms. The molecule has 0 aliphatic carbocycles. The van der Waals surface area contributed by atoms with Crippen molar-refractivity contribution in [3.05, 3.63) is 29.8 Å². The maximum absolute atomic E-state index is 13.4. The molecule has 1 heterocycles. The number of hydrogen-bond donors (Lipinski definition) is 1. The van der Waals surface area contributed by atoms with Crippen molar-refractivity contribution in [1.82, 2.24) is 10.2 Å². The molecule has 0 bridgehead atoms. The monoisotopic (exact) mass is 328 g/mol. The quantitative estimate of drug-likeness (QED) is 0.863. The highest BCUT2D eigenvalue weighted by Gasteiger charge is 2.47. The van der Waals surface area contributed by atoms with Gasteiger partial charge in [0.15, 0.2) is 0 Å². The summed E-state index contributed by atoms with van der Waals surface area (Å²) >= 11 is 0. The van der Waals surface area contributed by atoms with E-state index in [1.807, 2.05) is 0 Å². The van der Waals surface area contributed by atoms with Crippen molar-refractivity contribution in [2.45, 2.75) is 18.6 Å². The molecule has 0 saturated carbocycles. The minimum atomic E-state index is -5.05. The molecular weight excluding hydrogens is 314 g/mol. The van der Waals surface area contributed by atoms with Gasteiger partial charge in [-0.2, -0.15) is 13.2 Å². The van der Waals surface area contributed by atoms with Crippen LogP contribution in [0.2, 0.25) is 0 Å². The van der Waals surface area contributed by atoms with Crippen molar-refractivity contribution in [1.29, 1.82) is 0 Å². The molecule has 1 aliphatic rings. The number of hydrogen-bond acceptors (Lipinski definition) is 3. The molecule has 1 aliphatic heterocycles. The molecule has 1 aromatic rings. The van der Waals surface area contributed by atoms with Crippen molar-refractivity contribution in [2.75, 3.05) is 26.2 Å². The van der Waals surface area contributed by atoms with Crippen LogP contribution in [0.15, 0.2) is 24.3 Å². The fourth-order valence-corrected chi connectivity index (χ4v) is 2.44. The average molecular weight is 328 g/mol. The first-order chi connectivity index (χ1) is 10.2. The lowest BCUT2D eigenvalue weighted by Gasteiger charge is -2.36. The molecule has 1 N–H and O–H groups in total. The van der Waals surface area contributed by atoms with Crippen LogP contribution >= 0.6 is 0 Å². The molecule has 0 spiro atoms. The Hall–Kier alpha value is -1.48. The second-order valence-electron chi connectivity index (χ2n) is 4.82. The van der Waals surface area contributed by atoms with Crippen molar-refractivity contribution in [2.24, 2.45) is 0 Å². The van der Waals surface area contributed by atoms with Crippen LogP contribution in [0.4, 0.5) is 26.3 Å². The van der Waals surface area contributed by atoms with Crippen LogP contribution in [-0.4, -0.2) is 43.6 Å². The first kappa shape index (κ1) is 16.9. The fraction of sp³-hybridized carbons (Fsp3) is 0.538. The van der Waals surface area contributed by atoms with Crippen LogP contribution in [0.3, 0.4) is 0 Å². The normalized spacial score (nSPS) is 19.0. The first-order valence-electron chi connectivity index (χ1n) is 6.54. The van der Waals surface area contributed by atoms with Gasteiger partial charge in [-0.25, -0.2) is 0 Å². The van der Waals surface area contributed by atoms with Crippen molar-refractivity contribution in [3.8, 4) is 5.75 Å². The lowest BCUT2D eigenvalue weighted by atomic mass is 10.0. The third-order valence-corrected chi connectivity index (χ3v) is 3.27. The Bertz CT molecular complexity index is 496. The number of ether oxygens (including phenoxy) is 1. The highest BCUT2D eigenvalue weighted by atomic mass is 19.4. The number of nitrogens with zero attached hydrogens (tertiary/aromatic N) is 1. The molecule has 0 unspecified atom stereocenters. The number of para-hydroxylation sites is 1. The van der Waals surface area contributed by atoms with Gasteiger partial charge in [-0.05, 0) is 6.07 Å². The summed E-state index contributed by atoms with van der Waals surface area (Å²) in [6, 6.07) is 2.24. The van der Waals surface area contributed by atoms with E-state index in [0.717, 1.165) is 17.0 Å². The Labute approximate surface area is 122 Å². The number of rotatable bonds is 3. The summed E-state index contributed by atoms with van der Waals surface area (Å²) in [5.41, 5.74) is -0.533. The van der Waals surface area contributed by atoms with Crippen LogP contribution in [0, 0.1) is 0 Å². The van der Waals surface area contributed by atoms with Gasteiger partial charge in [0.05, 0.1) is 0 Å². The van der Waals surface area contributed by atoms with E-state index < -0.39 is 29.9 Å². The second kappa shape index (κ2) is 6.33. The van der Waals surface area contributed by atoms with E-state index in [1.54, 1.807) is 0 Å². The second-order valence-corrected chi connectivity index (χ2v) is 4.82. The summed E-state index contributed by atoms with van der Waals surface area (Å²) in [6.07, 6.45) is -9.75. The fourth-order valence-electron chi connectivity index (χ4n) is 2.44. The van der Waals surface area contributed by atoms with E-state index in [9.17, 15) is 26.3 Å². The van der Waals surface area contributed by atoms with Gasteiger partial charge in [0.25, 0.3) is 0 Å². The van der Waals surface area contributed by atoms with Crippen LogP contribution in [0.25, 0.3) is 0 Å². The molecule has 1 aromatic carbocycles. The van der Waals surface area contributed by atoms with Gasteiger partial charge in [-0.15, -0.1) is 13.2 Å². The number of alkyl halides is 6. The van der Waals surface area contributed by atoms with Crippen molar-refractivity contribution >= 4 is 0 Å². The highest BCUT2D eigenvalue weighted by molar-refractivity contribution is 5.37. The topological polar surface area (TPSA) is 24.5 Å². The van der Waals surface area contributed by atoms with E-state index in [0.29, 0.717) is 13.1 Å². The predicted molar refractivity (Wildman–Crippen MR) is 66.4 cm³/mol. The summed E-state index contributed by atoms with van der Waals surface area (Å²) in [5, 5.41) is 2.91. The van der Waals surface area contributed by atoms with Crippen molar-refractivity contribution < 1.29 is 31.1 Å². The lowest BCUT2D eigenvalue weighted by Crippen LogP contribution is -2.49. The van der Waals surface area contributed by atoms with Gasteiger partial charge in [-0.3, -0.25) is 4.90 Å². The Kier molecular flexibility index (Phi) is 4.86. The van der Waals surface area contributed by atoms with E-state index in [-0.39, 0.29) is 13.1 Å². The zero-order chi connectivity index (χ0) is 16.4. The van der Waals surface area contributed by atoms with Crippen LogP contribution in [0.1, 0.15) is 11.6 Å². The summed E-state index contributed by atoms with van der Waals surface area (Å²) in [5.74, 6) is -0.823. The number of nitrogens with one attached hydrogen (secondary N) is 1.